The van der Waals surface area contributed by atoms with Crippen LogP contribution in [0.15, 0.2) is 24.3 Å². The van der Waals surface area contributed by atoms with Gasteiger partial charge in [0.05, 0.1) is 12.5 Å². The van der Waals surface area contributed by atoms with Crippen molar-refractivity contribution in [3.05, 3.63) is 29.8 Å². The van der Waals surface area contributed by atoms with Crippen LogP contribution >= 0.6 is 0 Å². The topological polar surface area (TPSA) is 40.6 Å². The Labute approximate surface area is 144 Å². The number of aryl methyl sites for hydroxylation is 1. The molecule has 7 heteroatoms. The minimum atomic E-state index is -4.54. The summed E-state index contributed by atoms with van der Waals surface area (Å²) in [6, 6.07) is 7.31. The first-order valence-electron chi connectivity index (χ1n) is 7.93. The lowest BCUT2D eigenvalue weighted by Crippen LogP contribution is -2.43. The number of anilines is 1. The first kappa shape index (κ1) is 18.8. The third-order valence-electron chi connectivity index (χ3n) is 4.09. The molecule has 1 saturated heterocycles. The van der Waals surface area contributed by atoms with Crippen LogP contribution in [0, 0.1) is 18.3 Å². The molecule has 1 fully saturated rings. The van der Waals surface area contributed by atoms with Gasteiger partial charge in [-0.2, -0.15) is 13.2 Å². The van der Waals surface area contributed by atoms with Crippen molar-refractivity contribution in [1.29, 1.82) is 0 Å². The maximum atomic E-state index is 12.6. The van der Waals surface area contributed by atoms with Crippen LogP contribution in [0.2, 0.25) is 0 Å². The number of alkyl halides is 3. The molecule has 1 aromatic carbocycles. The number of carbonyl (C=O) groups is 2. The molecule has 0 saturated carbocycles. The summed E-state index contributed by atoms with van der Waals surface area (Å²) < 4.78 is 37.9. The van der Waals surface area contributed by atoms with E-state index in [1.54, 1.807) is 12.1 Å². The maximum Gasteiger partial charge on any atom is 0.406 e. The highest BCUT2D eigenvalue weighted by Crippen LogP contribution is 2.27. The molecule has 134 valence electrons. The number of amides is 2. The molecule has 1 aliphatic heterocycles. The van der Waals surface area contributed by atoms with E-state index in [0.29, 0.717) is 10.6 Å². The summed E-state index contributed by atoms with van der Waals surface area (Å²) in [4.78, 5) is 26.6. The number of terminal acetylenes is 1. The van der Waals surface area contributed by atoms with Crippen molar-refractivity contribution in [2.45, 2.75) is 25.9 Å². The van der Waals surface area contributed by atoms with Gasteiger partial charge >= 0.3 is 6.18 Å². The summed E-state index contributed by atoms with van der Waals surface area (Å²) in [5.74, 6) is 0.221. The lowest BCUT2D eigenvalue weighted by Gasteiger charge is -2.24. The predicted octanol–water partition coefficient (Wildman–Crippen LogP) is 2.63. The van der Waals surface area contributed by atoms with E-state index in [4.69, 9.17) is 6.42 Å². The van der Waals surface area contributed by atoms with Gasteiger partial charge in [-0.3, -0.25) is 9.59 Å². The summed E-state index contributed by atoms with van der Waals surface area (Å²) in [6.07, 6.45) is 1.27. The molecule has 0 bridgehead atoms. The van der Waals surface area contributed by atoms with E-state index in [2.05, 4.69) is 5.92 Å². The van der Waals surface area contributed by atoms with Gasteiger partial charge in [0.15, 0.2) is 0 Å². The predicted molar refractivity (Wildman–Crippen MR) is 87.7 cm³/mol. The largest absolute Gasteiger partial charge is 0.406 e. The van der Waals surface area contributed by atoms with Gasteiger partial charge in [0.25, 0.3) is 0 Å². The van der Waals surface area contributed by atoms with E-state index < -0.39 is 31.1 Å². The molecular formula is C18H19F3N2O2. The van der Waals surface area contributed by atoms with Crippen molar-refractivity contribution in [2.75, 3.05) is 24.5 Å². The van der Waals surface area contributed by atoms with Crippen molar-refractivity contribution < 1.29 is 22.8 Å². The SMILES string of the molecule is C#CCN(CC(F)(F)F)C(=O)C1CC(=O)N(c2ccc(CC)cc2)C1. The zero-order valence-electron chi connectivity index (χ0n) is 13.8. The van der Waals surface area contributed by atoms with E-state index in [0.717, 1.165) is 12.0 Å². The minimum Gasteiger partial charge on any atom is -0.322 e. The lowest BCUT2D eigenvalue weighted by atomic mass is 10.1. The van der Waals surface area contributed by atoms with Crippen LogP contribution in [-0.4, -0.2) is 42.5 Å². The Morgan fingerprint density at radius 1 is 1.36 bits per heavy atom. The number of halogens is 3. The second-order valence-electron chi connectivity index (χ2n) is 5.94. The van der Waals surface area contributed by atoms with E-state index in [-0.39, 0.29) is 18.9 Å². The van der Waals surface area contributed by atoms with E-state index in [1.165, 1.54) is 4.90 Å². The third kappa shape index (κ3) is 4.75. The molecule has 0 aliphatic carbocycles. The molecule has 2 rings (SSSR count). The summed E-state index contributed by atoms with van der Waals surface area (Å²) in [5.41, 5.74) is 1.74. The number of benzene rings is 1. The van der Waals surface area contributed by atoms with Crippen LogP contribution in [0.1, 0.15) is 18.9 Å². The molecule has 25 heavy (non-hydrogen) atoms. The first-order valence-corrected chi connectivity index (χ1v) is 7.93. The van der Waals surface area contributed by atoms with Crippen molar-refractivity contribution >= 4 is 17.5 Å². The summed E-state index contributed by atoms with van der Waals surface area (Å²) in [5, 5.41) is 0. The average Bonchev–Trinajstić information content (AvgIpc) is 2.94. The number of hydrogen-bond acceptors (Lipinski definition) is 2. The first-order chi connectivity index (χ1) is 11.7. The van der Waals surface area contributed by atoms with Crippen molar-refractivity contribution in [3.63, 3.8) is 0 Å². The number of rotatable bonds is 5. The Balaban J connectivity index is 2.11. The fourth-order valence-electron chi connectivity index (χ4n) is 2.83. The van der Waals surface area contributed by atoms with Crippen LogP contribution in [0.5, 0.6) is 0 Å². The zero-order chi connectivity index (χ0) is 18.6. The Morgan fingerprint density at radius 2 is 2.00 bits per heavy atom. The second-order valence-corrected chi connectivity index (χ2v) is 5.94. The van der Waals surface area contributed by atoms with E-state index >= 15 is 0 Å². The van der Waals surface area contributed by atoms with E-state index in [1.807, 2.05) is 19.1 Å². The van der Waals surface area contributed by atoms with Gasteiger partial charge in [0.1, 0.15) is 6.54 Å². The molecule has 1 aliphatic rings. The Morgan fingerprint density at radius 3 is 2.52 bits per heavy atom. The third-order valence-corrected chi connectivity index (χ3v) is 4.09. The monoisotopic (exact) mass is 352 g/mol. The fourth-order valence-corrected chi connectivity index (χ4v) is 2.83. The Bertz CT molecular complexity index is 677. The zero-order valence-corrected chi connectivity index (χ0v) is 13.8. The standard InChI is InChI=1S/C18H19F3N2O2/c1-3-9-22(12-18(19,20)21)17(25)14-10-16(24)23(11-14)15-7-5-13(4-2)6-8-15/h1,5-8,14H,4,9-12H2,2H3. The van der Waals surface area contributed by atoms with E-state index in [9.17, 15) is 22.8 Å². The summed E-state index contributed by atoms with van der Waals surface area (Å²) in [7, 11) is 0. The number of hydrogen-bond donors (Lipinski definition) is 0. The van der Waals surface area contributed by atoms with Crippen LogP contribution < -0.4 is 4.90 Å². The average molecular weight is 352 g/mol. The van der Waals surface area contributed by atoms with Crippen molar-refractivity contribution in [2.24, 2.45) is 5.92 Å². The highest BCUT2D eigenvalue weighted by atomic mass is 19.4. The normalized spacial score (nSPS) is 17.5. The molecule has 0 N–H and O–H groups in total. The second kappa shape index (κ2) is 7.60. The van der Waals surface area contributed by atoms with Gasteiger partial charge in [-0.05, 0) is 24.1 Å². The van der Waals surface area contributed by atoms with Crippen LogP contribution in [0.4, 0.5) is 18.9 Å². The van der Waals surface area contributed by atoms with Gasteiger partial charge in [0, 0.05) is 18.7 Å². The Hall–Kier alpha value is -2.49. The molecule has 1 unspecified atom stereocenters. The quantitative estimate of drug-likeness (QED) is 0.765. The molecule has 2 amide bonds. The highest BCUT2D eigenvalue weighted by molar-refractivity contribution is 6.00. The van der Waals surface area contributed by atoms with Gasteiger partial charge in [0.2, 0.25) is 11.8 Å². The molecular weight excluding hydrogens is 333 g/mol. The molecule has 1 aromatic rings. The van der Waals surface area contributed by atoms with Gasteiger partial charge in [-0.15, -0.1) is 6.42 Å². The van der Waals surface area contributed by atoms with Crippen LogP contribution in [0.3, 0.4) is 0 Å². The Kier molecular flexibility index (Phi) is 5.73. The minimum absolute atomic E-state index is 0.0576. The van der Waals surface area contributed by atoms with Gasteiger partial charge in [-0.25, -0.2) is 0 Å². The van der Waals surface area contributed by atoms with Crippen LogP contribution in [-0.2, 0) is 16.0 Å². The number of carbonyl (C=O) groups excluding carboxylic acids is 2. The molecule has 0 aromatic heterocycles. The molecule has 1 atom stereocenters. The highest BCUT2D eigenvalue weighted by Gasteiger charge is 2.40. The molecule has 4 nitrogen and oxygen atoms in total. The van der Waals surface area contributed by atoms with Gasteiger partial charge < -0.3 is 9.80 Å². The summed E-state index contributed by atoms with van der Waals surface area (Å²) in [6.45, 7) is 0.216. The molecule has 1 heterocycles. The van der Waals surface area contributed by atoms with Gasteiger partial charge in [-0.1, -0.05) is 25.0 Å². The molecule has 0 radical (unpaired) electrons. The fraction of sp³-hybridized carbons (Fsp3) is 0.444. The molecule has 0 spiro atoms. The smallest absolute Gasteiger partial charge is 0.322 e. The van der Waals surface area contributed by atoms with Crippen LogP contribution in [0.25, 0.3) is 0 Å². The lowest BCUT2D eigenvalue weighted by molar-refractivity contribution is -0.162. The maximum absolute atomic E-state index is 12.6. The van der Waals surface area contributed by atoms with Crippen molar-refractivity contribution in [3.8, 4) is 12.3 Å². The summed E-state index contributed by atoms with van der Waals surface area (Å²) >= 11 is 0. The number of nitrogens with zero attached hydrogens (tertiary/aromatic N) is 2. The van der Waals surface area contributed by atoms with Crippen molar-refractivity contribution in [1.82, 2.24) is 4.90 Å².